The van der Waals surface area contributed by atoms with Crippen LogP contribution in [0.3, 0.4) is 0 Å². The maximum atomic E-state index is 2.40. The van der Waals surface area contributed by atoms with Gasteiger partial charge in [0.05, 0.1) is 0 Å². The zero-order valence-electron chi connectivity index (χ0n) is 22.2. The van der Waals surface area contributed by atoms with E-state index in [-0.39, 0.29) is 0 Å². The molecule has 0 saturated heterocycles. The first-order valence-corrected chi connectivity index (χ1v) is 15.3. The Bertz CT molecular complexity index is 1780. The summed E-state index contributed by atoms with van der Waals surface area (Å²) in [7, 11) is 0. The lowest BCUT2D eigenvalue weighted by molar-refractivity contribution is 1.14. The molecule has 0 radical (unpaired) electrons. The summed E-state index contributed by atoms with van der Waals surface area (Å²) in [5.74, 6) is 0. The van der Waals surface area contributed by atoms with Crippen molar-refractivity contribution in [1.82, 2.24) is 0 Å². The van der Waals surface area contributed by atoms with Crippen LogP contribution in [0.2, 0.25) is 0 Å². The van der Waals surface area contributed by atoms with Crippen LogP contribution < -0.4 is 0 Å². The van der Waals surface area contributed by atoms with E-state index in [1.54, 1.807) is 0 Å². The van der Waals surface area contributed by atoms with Crippen LogP contribution in [-0.4, -0.2) is 0 Å². The van der Waals surface area contributed by atoms with E-state index in [1.807, 2.05) is 22.7 Å². The molecule has 4 aromatic carbocycles. The minimum atomic E-state index is 1.08. The highest BCUT2D eigenvalue weighted by atomic mass is 32.1. The molecular weight excluding hydrogens is 497 g/mol. The molecule has 0 amide bonds. The number of aryl methyl sites for hydroxylation is 2. The van der Waals surface area contributed by atoms with Gasteiger partial charge in [0.2, 0.25) is 0 Å². The van der Waals surface area contributed by atoms with Crippen LogP contribution in [0.4, 0.5) is 0 Å². The fraction of sp³-hybridized carbons (Fsp3) is 0.167. The molecular formula is C36H28S2. The van der Waals surface area contributed by atoms with Gasteiger partial charge in [-0.2, -0.15) is 0 Å². The number of rotatable bonds is 4. The van der Waals surface area contributed by atoms with E-state index in [1.165, 1.54) is 97.0 Å². The van der Waals surface area contributed by atoms with E-state index in [4.69, 9.17) is 0 Å². The van der Waals surface area contributed by atoms with Crippen molar-refractivity contribution in [2.75, 3.05) is 0 Å². The van der Waals surface area contributed by atoms with Gasteiger partial charge in [-0.3, -0.25) is 0 Å². The van der Waals surface area contributed by atoms with Gasteiger partial charge in [0.15, 0.2) is 0 Å². The lowest BCUT2D eigenvalue weighted by atomic mass is 9.95. The summed E-state index contributed by atoms with van der Waals surface area (Å²) in [6.45, 7) is 9.08. The average molecular weight is 525 g/mol. The zero-order chi connectivity index (χ0) is 25.7. The Labute approximate surface area is 232 Å². The lowest BCUT2D eigenvalue weighted by Gasteiger charge is -2.10. The molecule has 0 aliphatic heterocycles. The zero-order valence-corrected chi connectivity index (χ0v) is 23.8. The number of hydrogen-bond donors (Lipinski definition) is 0. The van der Waals surface area contributed by atoms with Crippen LogP contribution in [0.25, 0.3) is 74.8 Å². The standard InChI is InChI=1S/C36H28S2/c1-5-21-7-11-23(12-8-21)33-19(3)29-25-15-18-28-32-26(16-17-27(31(25)32)35(29)37-33)30-20(4)34(38-36(28)30)24-13-9-22(6-2)10-14-24/h7-18H,5-6H2,1-4H3. The summed E-state index contributed by atoms with van der Waals surface area (Å²) in [5.41, 5.74) is 16.9. The van der Waals surface area contributed by atoms with Crippen LogP contribution in [0.15, 0.2) is 72.8 Å². The first-order valence-electron chi connectivity index (χ1n) is 13.7. The van der Waals surface area contributed by atoms with Crippen molar-refractivity contribution in [3.05, 3.63) is 95.1 Å². The molecule has 8 rings (SSSR count). The van der Waals surface area contributed by atoms with Crippen molar-refractivity contribution in [2.45, 2.75) is 40.5 Å². The van der Waals surface area contributed by atoms with Gasteiger partial charge >= 0.3 is 0 Å². The van der Waals surface area contributed by atoms with Crippen molar-refractivity contribution < 1.29 is 0 Å². The molecule has 0 N–H and O–H groups in total. The Hall–Kier alpha value is -3.46. The third-order valence-corrected chi connectivity index (χ3v) is 11.5. The molecule has 0 fully saturated rings. The van der Waals surface area contributed by atoms with E-state index in [0.717, 1.165) is 12.8 Å². The van der Waals surface area contributed by atoms with Gasteiger partial charge in [0.25, 0.3) is 0 Å². The van der Waals surface area contributed by atoms with Crippen molar-refractivity contribution in [2.24, 2.45) is 0 Å². The smallest absolute Gasteiger partial charge is 0.0437 e. The fourth-order valence-corrected chi connectivity index (χ4v) is 9.40. The number of thiophene rings is 2. The molecule has 0 bridgehead atoms. The topological polar surface area (TPSA) is 0 Å². The van der Waals surface area contributed by atoms with E-state index in [9.17, 15) is 0 Å². The Balaban J connectivity index is 1.29. The van der Waals surface area contributed by atoms with E-state index >= 15 is 0 Å². The average Bonchev–Trinajstić information content (AvgIpc) is 3.66. The monoisotopic (exact) mass is 524 g/mol. The molecule has 0 nitrogen and oxygen atoms in total. The van der Waals surface area contributed by atoms with Crippen LogP contribution in [0, 0.1) is 13.8 Å². The quantitative estimate of drug-likeness (QED) is 0.215. The van der Waals surface area contributed by atoms with Crippen LogP contribution in [0.1, 0.15) is 36.1 Å². The van der Waals surface area contributed by atoms with Gasteiger partial charge in [-0.25, -0.2) is 0 Å². The summed E-state index contributed by atoms with van der Waals surface area (Å²) >= 11 is 3.94. The Morgan fingerprint density at radius 1 is 0.447 bits per heavy atom. The van der Waals surface area contributed by atoms with Crippen LogP contribution in [0.5, 0.6) is 0 Å². The van der Waals surface area contributed by atoms with Crippen molar-refractivity contribution >= 4 is 33.4 Å². The molecule has 0 saturated carbocycles. The SMILES string of the molecule is CCc1ccc(-c2sc3c(c2C)-c2ccc4c5c(ccc-3c25)-c2c-4sc(-c3ccc(CC)cc3)c2C)cc1. The van der Waals surface area contributed by atoms with E-state index < -0.39 is 0 Å². The molecule has 6 aromatic rings. The van der Waals surface area contributed by atoms with Crippen molar-refractivity contribution in [3.8, 4) is 64.0 Å². The predicted molar refractivity (Wildman–Crippen MR) is 168 cm³/mol. The van der Waals surface area contributed by atoms with E-state index in [0.29, 0.717) is 0 Å². The predicted octanol–water partition coefficient (Wildman–Crippen LogP) is 11.3. The molecule has 184 valence electrons. The highest BCUT2D eigenvalue weighted by Crippen LogP contribution is 2.62. The second-order valence-corrected chi connectivity index (χ2v) is 12.7. The first-order chi connectivity index (χ1) is 18.6. The largest absolute Gasteiger partial charge is 0.134 e. The lowest BCUT2D eigenvalue weighted by Crippen LogP contribution is -1.84. The minimum Gasteiger partial charge on any atom is -0.134 e. The minimum absolute atomic E-state index is 1.08. The van der Waals surface area contributed by atoms with Gasteiger partial charge in [-0.1, -0.05) is 86.6 Å². The number of hydrogen-bond acceptors (Lipinski definition) is 2. The molecule has 2 aliphatic carbocycles. The number of fused-ring (bicyclic) bond motifs is 6. The molecule has 0 atom stereocenters. The van der Waals surface area contributed by atoms with E-state index in [2.05, 4.69) is 100 Å². The third-order valence-electron chi connectivity index (χ3n) is 8.73. The number of benzene rings is 4. The van der Waals surface area contributed by atoms with Gasteiger partial charge in [0.1, 0.15) is 0 Å². The van der Waals surface area contributed by atoms with Gasteiger partial charge in [-0.05, 0) is 82.0 Å². The van der Waals surface area contributed by atoms with Crippen molar-refractivity contribution in [1.29, 1.82) is 0 Å². The highest BCUT2D eigenvalue weighted by molar-refractivity contribution is 7.20. The normalized spacial score (nSPS) is 12.4. The van der Waals surface area contributed by atoms with Crippen LogP contribution in [-0.2, 0) is 12.8 Å². The molecule has 2 heteroatoms. The molecule has 0 unspecified atom stereocenters. The summed E-state index contributed by atoms with van der Waals surface area (Å²) < 4.78 is 0. The fourth-order valence-electron chi connectivity index (χ4n) is 6.68. The summed E-state index contributed by atoms with van der Waals surface area (Å²) in [6.07, 6.45) is 2.16. The maximum Gasteiger partial charge on any atom is 0.0437 e. The van der Waals surface area contributed by atoms with Gasteiger partial charge in [-0.15, -0.1) is 22.7 Å². The Kier molecular flexibility index (Phi) is 4.75. The second kappa shape index (κ2) is 8.02. The Morgan fingerprint density at radius 3 is 1.18 bits per heavy atom. The summed E-state index contributed by atoms with van der Waals surface area (Å²) in [6, 6.07) is 27.9. The van der Waals surface area contributed by atoms with Crippen LogP contribution >= 0.6 is 22.7 Å². The second-order valence-electron chi connectivity index (χ2n) is 10.7. The summed E-state index contributed by atoms with van der Waals surface area (Å²) in [5, 5.41) is 2.93. The molecule has 2 heterocycles. The Morgan fingerprint density at radius 2 is 0.816 bits per heavy atom. The van der Waals surface area contributed by atoms with Gasteiger partial charge in [0, 0.05) is 41.8 Å². The maximum absolute atomic E-state index is 2.40. The van der Waals surface area contributed by atoms with Gasteiger partial charge < -0.3 is 0 Å². The highest BCUT2D eigenvalue weighted by Gasteiger charge is 2.34. The molecule has 0 spiro atoms. The molecule has 2 aliphatic rings. The van der Waals surface area contributed by atoms with Crippen molar-refractivity contribution in [3.63, 3.8) is 0 Å². The molecule has 2 aromatic heterocycles. The summed E-state index contributed by atoms with van der Waals surface area (Å²) in [4.78, 5) is 5.71. The third kappa shape index (κ3) is 2.85. The first kappa shape index (κ1) is 22.5. The molecule has 38 heavy (non-hydrogen) atoms.